The van der Waals surface area contributed by atoms with Crippen molar-refractivity contribution in [3.05, 3.63) is 313 Å². The molecule has 2 unspecified atom stereocenters. The van der Waals surface area contributed by atoms with Gasteiger partial charge < -0.3 is 5.73 Å². The second-order valence-electron chi connectivity index (χ2n) is 28.5. The van der Waals surface area contributed by atoms with Crippen LogP contribution in [0.3, 0.4) is 0 Å². The maximum Gasteiger partial charge on any atom is 0.0706 e. The molecule has 0 amide bonds. The predicted molar refractivity (Wildman–Crippen MR) is 429 cm³/mol. The fourth-order valence-electron chi connectivity index (χ4n) is 12.6. The van der Waals surface area contributed by atoms with Gasteiger partial charge in [0.1, 0.15) is 0 Å². The lowest BCUT2D eigenvalue weighted by Gasteiger charge is -2.15. The first-order valence-corrected chi connectivity index (χ1v) is 35.5. The molecule has 0 saturated heterocycles. The molecule has 0 aromatic heterocycles. The van der Waals surface area contributed by atoms with E-state index in [9.17, 15) is 0 Å². The normalized spacial score (nSPS) is 14.4. The van der Waals surface area contributed by atoms with Crippen LogP contribution in [0.5, 0.6) is 0 Å². The monoisotopic (exact) mass is 1260 g/mol. The van der Waals surface area contributed by atoms with E-state index in [4.69, 9.17) is 5.73 Å². The summed E-state index contributed by atoms with van der Waals surface area (Å²) in [6.07, 6.45) is 20.9. The molecule has 3 aliphatic rings. The highest BCUT2D eigenvalue weighted by atomic mass is 14.8. The first-order valence-electron chi connectivity index (χ1n) is 35.5. The van der Waals surface area contributed by atoms with Crippen molar-refractivity contribution in [2.45, 2.75) is 146 Å². The van der Waals surface area contributed by atoms with Crippen molar-refractivity contribution in [2.75, 3.05) is 0 Å². The first kappa shape index (κ1) is 72.7. The molecule has 2 N–H and O–H groups in total. The molecule has 0 radical (unpaired) electrons. The zero-order valence-corrected chi connectivity index (χ0v) is 60.5. The van der Waals surface area contributed by atoms with Gasteiger partial charge in [-0.15, -0.1) is 0 Å². The van der Waals surface area contributed by atoms with Crippen LogP contribution in [0, 0.1) is 29.6 Å². The van der Waals surface area contributed by atoms with Crippen molar-refractivity contribution >= 4 is 81.6 Å². The third kappa shape index (κ3) is 19.8. The number of rotatable bonds is 8. The van der Waals surface area contributed by atoms with Gasteiger partial charge >= 0.3 is 0 Å². The number of nitrogens with two attached hydrogens (primary N) is 1. The smallest absolute Gasteiger partial charge is 0.0706 e. The number of nitrogens with zero attached hydrogens (tertiary/aromatic N) is 1. The van der Waals surface area contributed by atoms with Gasteiger partial charge in [-0.2, -0.15) is 0 Å². The predicted octanol–water partition coefficient (Wildman–Crippen LogP) is 27.3. The van der Waals surface area contributed by atoms with E-state index in [0.29, 0.717) is 59.3 Å². The van der Waals surface area contributed by atoms with Crippen molar-refractivity contribution in [2.24, 2.45) is 40.3 Å². The van der Waals surface area contributed by atoms with Crippen molar-refractivity contribution in [1.29, 1.82) is 0 Å². The highest BCUT2D eigenvalue weighted by Gasteiger charge is 2.14. The number of hydrogen-bond donors (Lipinski definition) is 1. The molecule has 1 heterocycles. The van der Waals surface area contributed by atoms with Crippen LogP contribution in [-0.4, -0.2) is 12.3 Å². The summed E-state index contributed by atoms with van der Waals surface area (Å²) in [6.45, 7) is 35.6. The number of benzene rings is 12. The lowest BCUT2D eigenvalue weighted by atomic mass is 9.89. The van der Waals surface area contributed by atoms with Crippen LogP contribution in [0.1, 0.15) is 168 Å². The third-order valence-corrected chi connectivity index (χ3v) is 18.5. The van der Waals surface area contributed by atoms with Crippen LogP contribution in [0.2, 0.25) is 0 Å². The Balaban J connectivity index is 0.000000143. The van der Waals surface area contributed by atoms with Crippen molar-refractivity contribution in [3.8, 4) is 0 Å². The van der Waals surface area contributed by atoms with Crippen LogP contribution in [-0.2, 0) is 0 Å². The Morgan fingerprint density at radius 1 is 0.292 bits per heavy atom. The van der Waals surface area contributed by atoms with Gasteiger partial charge in [-0.25, -0.2) is 0 Å². The highest BCUT2D eigenvalue weighted by Crippen LogP contribution is 2.38. The summed E-state index contributed by atoms with van der Waals surface area (Å²) >= 11 is 0. The summed E-state index contributed by atoms with van der Waals surface area (Å²) in [6, 6.07) is 81.1. The minimum Gasteiger partial charge on any atom is -0.399 e. The van der Waals surface area contributed by atoms with Gasteiger partial charge in [-0.05, 0) is 175 Å². The van der Waals surface area contributed by atoms with E-state index in [2.05, 4.69) is 377 Å². The molecule has 12 aromatic carbocycles. The van der Waals surface area contributed by atoms with E-state index in [1.807, 2.05) is 24.4 Å². The van der Waals surface area contributed by atoms with Crippen molar-refractivity contribution in [1.82, 2.24) is 0 Å². The topological polar surface area (TPSA) is 38.4 Å². The fraction of sp³-hybridized carbons (Fsp3) is 0.287. The lowest BCUT2D eigenvalue weighted by molar-refractivity contribution is 0.554. The van der Waals surface area contributed by atoms with E-state index < -0.39 is 0 Å². The first-order chi connectivity index (χ1) is 46.2. The van der Waals surface area contributed by atoms with Gasteiger partial charge in [-0.1, -0.05) is 378 Å². The summed E-state index contributed by atoms with van der Waals surface area (Å²) in [5, 5.41) is 19.2. The van der Waals surface area contributed by atoms with Crippen LogP contribution < -0.4 is 5.73 Å². The Bertz CT molecular complexity index is 4490. The Morgan fingerprint density at radius 2 is 0.771 bits per heavy atom. The zero-order valence-electron chi connectivity index (χ0n) is 60.5. The SMILES string of the molecule is CC(C)C1C=CC(N)=C1.CC(C)C1C=CC=C1.CC(C)C1C=CC=N1.CC(C)c1cc2ccccc2c2ccccc12.CC(C)c1ccc2ccc3cccc4ccc1c2c34.CC(C)c1ccc2ccccc2c1.CC(C)c1cccc2ccccc12.CC(C)c1ccccc1. The lowest BCUT2D eigenvalue weighted by Crippen LogP contribution is -2.05. The van der Waals surface area contributed by atoms with Crippen LogP contribution >= 0.6 is 0 Å². The van der Waals surface area contributed by atoms with Crippen LogP contribution in [0.25, 0.3) is 75.4 Å². The highest BCUT2D eigenvalue weighted by molar-refractivity contribution is 6.23. The summed E-state index contributed by atoms with van der Waals surface area (Å²) < 4.78 is 0. The largest absolute Gasteiger partial charge is 0.399 e. The maximum absolute atomic E-state index is 5.54. The third-order valence-electron chi connectivity index (χ3n) is 18.5. The molecule has 1 aliphatic heterocycles. The Labute approximate surface area is 577 Å². The van der Waals surface area contributed by atoms with Gasteiger partial charge in [0, 0.05) is 11.9 Å². The van der Waals surface area contributed by atoms with Crippen molar-refractivity contribution < 1.29 is 0 Å². The molecular weight excluding hydrogens is 1160 g/mol. The van der Waals surface area contributed by atoms with E-state index in [-0.39, 0.29) is 0 Å². The minimum absolute atomic E-state index is 0.454. The number of allylic oxidation sites excluding steroid dienone is 8. The molecule has 0 bridgehead atoms. The molecule has 12 aromatic rings. The van der Waals surface area contributed by atoms with Gasteiger partial charge in [0.15, 0.2) is 0 Å². The Morgan fingerprint density at radius 3 is 1.29 bits per heavy atom. The Hall–Kier alpha value is -9.11. The molecule has 15 rings (SSSR count). The molecule has 2 heteroatoms. The second-order valence-corrected chi connectivity index (χ2v) is 28.5. The molecule has 96 heavy (non-hydrogen) atoms. The second kappa shape index (κ2) is 35.6. The van der Waals surface area contributed by atoms with E-state index in [1.54, 1.807) is 0 Å². The number of fused-ring (bicyclic) bond motifs is 5. The standard InChI is InChI=1S/C19H16.C17H16.2C13H14.C9H12.C8H13N.C8H12.C7H11N/c1-12(2)16-10-8-15-7-6-13-4-3-5-14-9-11-17(16)19(15)18(13)14;1-12(2)17-11-13-7-3-4-8-14(13)15-9-5-6-10-16(15)17;1-10(2)12-9-5-7-11-6-3-4-8-13(11)12;1-10(2)12-8-7-11-5-3-4-6-13(11)9-12;1-8(2)9-6-4-3-5-7-9;1-6(2)7-3-4-8(9)5-7;1-7(2)8-5-3-4-6-8;1-6(2)7-4-3-5-8-7/h3-12H,1-2H3;3-12H,1-2H3;2*3-10H,1-2H3;3-8H,1-2H3;3-7H,9H2,1-2H3;3-8H,1-2H3;3-7H,1-2H3. The summed E-state index contributed by atoms with van der Waals surface area (Å²) in [4.78, 5) is 4.20. The summed E-state index contributed by atoms with van der Waals surface area (Å²) in [7, 11) is 0. The van der Waals surface area contributed by atoms with Gasteiger partial charge in [0.25, 0.3) is 0 Å². The average Bonchev–Trinajstić information content (AvgIpc) is 0.812. The maximum atomic E-state index is 5.54. The molecule has 0 spiro atoms. The number of aliphatic imine (C=N–C) groups is 1. The quantitative estimate of drug-likeness (QED) is 0.151. The molecular formula is C94H108N2. The van der Waals surface area contributed by atoms with Crippen LogP contribution in [0.4, 0.5) is 0 Å². The summed E-state index contributed by atoms with van der Waals surface area (Å²) in [5.41, 5.74) is 13.6. The molecule has 2 atom stereocenters. The van der Waals surface area contributed by atoms with Crippen LogP contribution in [0.15, 0.2) is 290 Å². The molecule has 2 aliphatic carbocycles. The van der Waals surface area contributed by atoms with E-state index >= 15 is 0 Å². The van der Waals surface area contributed by atoms with E-state index in [0.717, 1.165) is 11.6 Å². The average molecular weight is 1270 g/mol. The van der Waals surface area contributed by atoms with Gasteiger partial charge in [0.05, 0.1) is 6.04 Å². The molecule has 2 nitrogen and oxygen atoms in total. The molecule has 494 valence electrons. The minimum atomic E-state index is 0.454. The van der Waals surface area contributed by atoms with Gasteiger partial charge in [0.2, 0.25) is 0 Å². The number of hydrogen-bond acceptors (Lipinski definition) is 2. The summed E-state index contributed by atoms with van der Waals surface area (Å²) in [5.74, 6) is 6.38. The Kier molecular flexibility index (Phi) is 27.0. The van der Waals surface area contributed by atoms with Crippen molar-refractivity contribution in [3.63, 3.8) is 0 Å². The fourth-order valence-corrected chi connectivity index (χ4v) is 12.6. The molecule has 0 saturated carbocycles. The van der Waals surface area contributed by atoms with Gasteiger partial charge in [-0.3, -0.25) is 4.99 Å². The van der Waals surface area contributed by atoms with E-state index in [1.165, 1.54) is 103 Å². The molecule has 0 fully saturated rings. The zero-order chi connectivity index (χ0) is 68.8.